The maximum atomic E-state index is 15.3. The molecule has 11 nitrogen and oxygen atoms in total. The van der Waals surface area contributed by atoms with Crippen LogP contribution in [0.15, 0.2) is 35.1 Å². The Morgan fingerprint density at radius 2 is 1.63 bits per heavy atom. The molecule has 1 amide bonds. The molecule has 0 bridgehead atoms. The Morgan fingerprint density at radius 3 is 2.20 bits per heavy atom. The molecular weight excluding hydrogens is 671 g/mol. The van der Waals surface area contributed by atoms with Crippen LogP contribution >= 0.6 is 11.6 Å². The maximum Gasteiger partial charge on any atom is 0.410 e. The molecule has 0 unspecified atom stereocenters. The van der Waals surface area contributed by atoms with Crippen molar-refractivity contribution in [2.24, 2.45) is 0 Å². The van der Waals surface area contributed by atoms with Gasteiger partial charge in [0.15, 0.2) is 5.65 Å². The lowest BCUT2D eigenvalue weighted by atomic mass is 10.0. The number of carbonyl (C=O) groups is 1. The van der Waals surface area contributed by atoms with Gasteiger partial charge in [0.05, 0.1) is 39.7 Å². The number of aromatic nitrogens is 5. The normalized spacial score (nSPS) is 18.5. The highest BCUT2D eigenvalue weighted by Gasteiger charge is 2.37. The van der Waals surface area contributed by atoms with Crippen LogP contribution in [0, 0.1) is 5.82 Å². The van der Waals surface area contributed by atoms with Gasteiger partial charge in [0.1, 0.15) is 23.1 Å². The van der Waals surface area contributed by atoms with Crippen molar-refractivity contribution in [1.29, 1.82) is 0 Å². The van der Waals surface area contributed by atoms with Gasteiger partial charge < -0.3 is 14.5 Å². The topological polar surface area (TPSA) is 110 Å². The number of pyridine rings is 1. The predicted octanol–water partition coefficient (Wildman–Crippen LogP) is 7.32. The summed E-state index contributed by atoms with van der Waals surface area (Å²) in [7, 11) is 0. The van der Waals surface area contributed by atoms with Crippen molar-refractivity contribution in [3.63, 3.8) is 0 Å². The van der Waals surface area contributed by atoms with Gasteiger partial charge in [0, 0.05) is 30.7 Å². The van der Waals surface area contributed by atoms with Gasteiger partial charge in [-0.15, -0.1) is 0 Å². The van der Waals surface area contributed by atoms with Gasteiger partial charge in [-0.25, -0.2) is 33.5 Å². The molecule has 0 aliphatic carbocycles. The van der Waals surface area contributed by atoms with Gasteiger partial charge in [0.25, 0.3) is 0 Å². The fraction of sp³-hybridized carbons (Fsp3) is 0.526. The Hall–Kier alpha value is -4.16. The van der Waals surface area contributed by atoms with E-state index in [-0.39, 0.29) is 45.8 Å². The van der Waals surface area contributed by atoms with Crippen molar-refractivity contribution in [3.05, 3.63) is 68.9 Å². The monoisotopic (exact) mass is 718 g/mol. The number of hydrogen-bond donors (Lipinski definition) is 0. The van der Waals surface area contributed by atoms with E-state index in [1.54, 1.807) is 29.2 Å². The van der Waals surface area contributed by atoms with Gasteiger partial charge in [-0.3, -0.25) is 4.90 Å². The van der Waals surface area contributed by atoms with Crippen molar-refractivity contribution in [2.75, 3.05) is 31.1 Å². The molecule has 0 N–H and O–H groups in total. The van der Waals surface area contributed by atoms with Gasteiger partial charge in [-0.1, -0.05) is 51.4 Å². The molecule has 1 aromatic carbocycles. The van der Waals surface area contributed by atoms with E-state index in [2.05, 4.69) is 4.90 Å². The van der Waals surface area contributed by atoms with Crippen LogP contribution in [0.2, 0.25) is 5.02 Å². The first-order chi connectivity index (χ1) is 24.0. The molecule has 0 saturated carbocycles. The van der Waals surface area contributed by atoms with Crippen molar-refractivity contribution < 1.29 is 13.9 Å². The number of anilines is 1. The molecule has 2 saturated heterocycles. The van der Waals surface area contributed by atoms with Crippen molar-refractivity contribution in [3.8, 4) is 16.9 Å². The molecule has 13 heteroatoms. The lowest BCUT2D eigenvalue weighted by Gasteiger charge is -2.44. The number of piperazine rings is 1. The third kappa shape index (κ3) is 7.30. The van der Waals surface area contributed by atoms with E-state index in [4.69, 9.17) is 36.3 Å². The first-order valence-electron chi connectivity index (χ1n) is 17.8. The first kappa shape index (κ1) is 36.6. The quantitative estimate of drug-likeness (QED) is 0.194. The highest BCUT2D eigenvalue weighted by molar-refractivity contribution is 6.33. The molecule has 5 heterocycles. The van der Waals surface area contributed by atoms with Crippen molar-refractivity contribution in [2.45, 2.75) is 105 Å². The van der Waals surface area contributed by atoms with Gasteiger partial charge in [0.2, 0.25) is 0 Å². The van der Waals surface area contributed by atoms with Crippen LogP contribution in [-0.2, 0) is 11.3 Å². The van der Waals surface area contributed by atoms with E-state index in [0.29, 0.717) is 53.7 Å². The number of amides is 1. The molecule has 2 fully saturated rings. The molecule has 51 heavy (non-hydrogen) atoms. The van der Waals surface area contributed by atoms with Crippen molar-refractivity contribution >= 4 is 34.5 Å². The second-order valence-electron chi connectivity index (χ2n) is 15.4. The van der Waals surface area contributed by atoms with Crippen LogP contribution in [0.4, 0.5) is 15.0 Å². The molecule has 2 atom stereocenters. The smallest absolute Gasteiger partial charge is 0.410 e. The minimum atomic E-state index is -0.641. The number of hydrogen-bond acceptors (Lipinski definition) is 9. The first-order valence-corrected chi connectivity index (χ1v) is 18.2. The Morgan fingerprint density at radius 1 is 0.980 bits per heavy atom. The summed E-state index contributed by atoms with van der Waals surface area (Å²) in [6, 6.07) is 7.51. The van der Waals surface area contributed by atoms with E-state index in [1.807, 2.05) is 67.2 Å². The molecule has 0 spiro atoms. The largest absolute Gasteiger partial charge is 0.444 e. The minimum Gasteiger partial charge on any atom is -0.444 e. The summed E-state index contributed by atoms with van der Waals surface area (Å²) >= 11 is 6.94. The lowest BCUT2D eigenvalue weighted by molar-refractivity contribution is 0.0130. The number of fused-ring (bicyclic) bond motifs is 1. The average Bonchev–Trinajstić information content (AvgIpc) is 3.02. The van der Waals surface area contributed by atoms with E-state index >= 15 is 4.39 Å². The molecule has 2 aliphatic heterocycles. The summed E-state index contributed by atoms with van der Waals surface area (Å²) in [6.45, 7) is 21.0. The summed E-state index contributed by atoms with van der Waals surface area (Å²) in [4.78, 5) is 53.6. The highest BCUT2D eigenvalue weighted by Crippen LogP contribution is 2.37. The number of ether oxygens (including phenoxy) is 1. The van der Waals surface area contributed by atoms with E-state index in [0.717, 1.165) is 19.5 Å². The molecular formula is C38H48ClFN8O3. The number of nitrogens with zero attached hydrogens (tertiary/aromatic N) is 8. The van der Waals surface area contributed by atoms with Gasteiger partial charge in [-0.05, 0) is 84.2 Å². The zero-order valence-corrected chi connectivity index (χ0v) is 31.8. The van der Waals surface area contributed by atoms with E-state index in [1.165, 1.54) is 10.6 Å². The Kier molecular flexibility index (Phi) is 10.1. The summed E-state index contributed by atoms with van der Waals surface area (Å²) in [6.07, 6.45) is 0.756. The molecule has 0 radical (unpaired) electrons. The highest BCUT2D eigenvalue weighted by atomic mass is 35.5. The third-order valence-electron chi connectivity index (χ3n) is 9.43. The van der Waals surface area contributed by atoms with Crippen LogP contribution in [0.25, 0.3) is 28.0 Å². The lowest BCUT2D eigenvalue weighted by Crippen LogP contribution is -2.59. The Balaban J connectivity index is 1.59. The summed E-state index contributed by atoms with van der Waals surface area (Å²) < 4.78 is 22.5. The Labute approximate surface area is 303 Å². The number of rotatable bonds is 7. The molecule has 2 aliphatic rings. The van der Waals surface area contributed by atoms with Crippen LogP contribution < -0.4 is 10.6 Å². The number of halogens is 2. The maximum absolute atomic E-state index is 15.3. The summed E-state index contributed by atoms with van der Waals surface area (Å²) in [5.74, 6) is 0.465. The fourth-order valence-corrected chi connectivity index (χ4v) is 7.00. The predicted molar refractivity (Wildman–Crippen MR) is 198 cm³/mol. The number of benzene rings is 1. The van der Waals surface area contributed by atoms with Crippen molar-refractivity contribution in [1.82, 2.24) is 34.3 Å². The fourth-order valence-electron chi connectivity index (χ4n) is 6.75. The molecule has 6 rings (SSSR count). The molecule has 3 aromatic heterocycles. The second kappa shape index (κ2) is 14.1. The average molecular weight is 719 g/mol. The Bertz CT molecular complexity index is 1990. The summed E-state index contributed by atoms with van der Waals surface area (Å²) in [5.41, 5.74) is 1.43. The van der Waals surface area contributed by atoms with Crippen LogP contribution in [0.1, 0.15) is 97.8 Å². The second-order valence-corrected chi connectivity index (χ2v) is 15.8. The minimum absolute atomic E-state index is 0.0718. The van der Waals surface area contributed by atoms with Gasteiger partial charge >= 0.3 is 11.8 Å². The van der Waals surface area contributed by atoms with E-state index < -0.39 is 23.2 Å². The summed E-state index contributed by atoms with van der Waals surface area (Å²) in [5, 5.41) is 0.724. The third-order valence-corrected chi connectivity index (χ3v) is 9.72. The molecule has 272 valence electrons. The standard InChI is InChI=1S/C38H48ClFN8O3/c1-21(2)30-33(31(22(3)4)42-29(41-30)20-45-15-12-16-45)48-35-26(17-27(39)32(43-35)25-13-10-11-14-28(25)40)34(44-36(48)49)46-18-24(6)47(19-23(46)5)37(50)51-38(7,8)9/h10-11,13-14,17,21-24H,12,15-16,18-20H2,1-9H3/t23-,24+/m0/s1. The van der Waals surface area contributed by atoms with E-state index in [9.17, 15) is 9.59 Å². The number of likely N-dealkylation sites (tertiary alicyclic amines) is 1. The number of carbonyl (C=O) groups excluding carboxylic acids is 1. The van der Waals surface area contributed by atoms with Crippen LogP contribution in [0.3, 0.4) is 0 Å². The van der Waals surface area contributed by atoms with Gasteiger partial charge in [-0.2, -0.15) is 4.98 Å². The molecule has 4 aromatic rings. The van der Waals surface area contributed by atoms with Crippen LogP contribution in [0.5, 0.6) is 0 Å². The zero-order valence-electron chi connectivity index (χ0n) is 31.0. The SMILES string of the molecule is CC(C)c1nc(CN2CCC2)nc(C(C)C)c1-n1c(=O)nc(N2C[C@@H](C)N(C(=O)OC(C)(C)C)C[C@@H]2C)c2cc(Cl)c(-c3ccccc3F)nc21. The zero-order chi connectivity index (χ0) is 36.9. The van der Waals surface area contributed by atoms with Crippen LogP contribution in [-0.4, -0.2) is 84.3 Å².